The molecular weight excluding hydrogens is 360 g/mol. The summed E-state index contributed by atoms with van der Waals surface area (Å²) in [7, 11) is 0. The Hall–Kier alpha value is -3.66. The molecule has 0 aliphatic rings. The molecule has 0 aliphatic heterocycles. The lowest BCUT2D eigenvalue weighted by Crippen LogP contribution is -2.20. The number of hydrogen-bond donors (Lipinski definition) is 1. The molecule has 0 saturated heterocycles. The largest absolute Gasteiger partial charge is 0.493 e. The first-order valence-electron chi connectivity index (χ1n) is 9.69. The van der Waals surface area contributed by atoms with Crippen molar-refractivity contribution in [3.63, 3.8) is 0 Å². The molecule has 29 heavy (non-hydrogen) atoms. The van der Waals surface area contributed by atoms with Gasteiger partial charge in [-0.05, 0) is 40.1 Å². The van der Waals surface area contributed by atoms with Crippen molar-refractivity contribution in [1.82, 2.24) is 5.43 Å². The van der Waals surface area contributed by atoms with Gasteiger partial charge < -0.3 is 4.74 Å². The monoisotopic (exact) mass is 382 g/mol. The van der Waals surface area contributed by atoms with Gasteiger partial charge in [-0.3, -0.25) is 4.79 Å². The molecule has 0 heterocycles. The normalized spacial score (nSPS) is 11.2. The van der Waals surface area contributed by atoms with E-state index in [0.29, 0.717) is 6.61 Å². The van der Waals surface area contributed by atoms with E-state index >= 15 is 0 Å². The Balaban J connectivity index is 1.54. The highest BCUT2D eigenvalue weighted by atomic mass is 16.5. The Morgan fingerprint density at radius 3 is 2.38 bits per heavy atom. The predicted molar refractivity (Wildman–Crippen MR) is 119 cm³/mol. The van der Waals surface area contributed by atoms with Crippen LogP contribution in [0, 0.1) is 0 Å². The van der Waals surface area contributed by atoms with Crippen molar-refractivity contribution in [3.05, 3.63) is 90.0 Å². The molecule has 1 amide bonds. The van der Waals surface area contributed by atoms with Crippen LogP contribution in [0.5, 0.6) is 5.75 Å². The summed E-state index contributed by atoms with van der Waals surface area (Å²) in [6.45, 7) is 2.51. The molecule has 0 bridgehead atoms. The van der Waals surface area contributed by atoms with E-state index in [1.807, 2.05) is 85.8 Å². The second kappa shape index (κ2) is 8.57. The molecule has 4 heteroatoms. The minimum atomic E-state index is -0.157. The van der Waals surface area contributed by atoms with Crippen molar-refractivity contribution >= 4 is 33.7 Å². The van der Waals surface area contributed by atoms with Gasteiger partial charge in [-0.1, -0.05) is 72.8 Å². The quantitative estimate of drug-likeness (QED) is 0.373. The molecule has 4 rings (SSSR count). The molecule has 4 nitrogen and oxygen atoms in total. The van der Waals surface area contributed by atoms with Crippen molar-refractivity contribution in [2.24, 2.45) is 5.10 Å². The molecule has 144 valence electrons. The summed E-state index contributed by atoms with van der Waals surface area (Å²) in [6, 6.07) is 26.1. The summed E-state index contributed by atoms with van der Waals surface area (Å²) in [6.07, 6.45) is 1.93. The Morgan fingerprint density at radius 1 is 0.897 bits per heavy atom. The molecule has 0 radical (unpaired) electrons. The van der Waals surface area contributed by atoms with Crippen LogP contribution in [0.2, 0.25) is 0 Å². The van der Waals surface area contributed by atoms with Gasteiger partial charge in [-0.15, -0.1) is 0 Å². The fourth-order valence-electron chi connectivity index (χ4n) is 3.52. The van der Waals surface area contributed by atoms with Gasteiger partial charge in [0, 0.05) is 5.56 Å². The number of rotatable bonds is 6. The number of benzene rings is 4. The first kappa shape index (κ1) is 18.7. The highest BCUT2D eigenvalue weighted by molar-refractivity contribution is 6.02. The SMILES string of the molecule is CCOc1ccc2ccccc2c1/C=N\NC(=O)Cc1cccc2ccccc12. The van der Waals surface area contributed by atoms with Gasteiger partial charge in [0.15, 0.2) is 0 Å². The zero-order valence-corrected chi connectivity index (χ0v) is 16.3. The molecule has 4 aromatic carbocycles. The maximum atomic E-state index is 12.5. The van der Waals surface area contributed by atoms with Crippen molar-refractivity contribution in [2.45, 2.75) is 13.3 Å². The zero-order chi connectivity index (χ0) is 20.1. The number of carbonyl (C=O) groups excluding carboxylic acids is 1. The predicted octanol–water partition coefficient (Wildman–Crippen LogP) is 5.08. The summed E-state index contributed by atoms with van der Waals surface area (Å²) in [4.78, 5) is 12.5. The maximum absolute atomic E-state index is 12.5. The van der Waals surface area contributed by atoms with Crippen molar-refractivity contribution in [2.75, 3.05) is 6.61 Å². The van der Waals surface area contributed by atoms with Gasteiger partial charge in [0.1, 0.15) is 5.75 Å². The third kappa shape index (κ3) is 4.11. The highest BCUT2D eigenvalue weighted by Crippen LogP contribution is 2.26. The second-order valence-corrected chi connectivity index (χ2v) is 6.74. The molecular formula is C25H22N2O2. The number of nitrogens with zero attached hydrogens (tertiary/aromatic N) is 1. The summed E-state index contributed by atoms with van der Waals surface area (Å²) >= 11 is 0. The number of amides is 1. The van der Waals surface area contributed by atoms with E-state index in [4.69, 9.17) is 4.74 Å². The smallest absolute Gasteiger partial charge is 0.244 e. The summed E-state index contributed by atoms with van der Waals surface area (Å²) in [5.41, 5.74) is 4.49. The van der Waals surface area contributed by atoms with Gasteiger partial charge in [0.2, 0.25) is 5.91 Å². The van der Waals surface area contributed by atoms with E-state index in [1.165, 1.54) is 0 Å². The molecule has 0 saturated carbocycles. The standard InChI is InChI=1S/C25H22N2O2/c1-2-29-24-15-14-19-9-4-6-13-22(19)23(24)17-26-27-25(28)16-20-11-7-10-18-8-3-5-12-21(18)20/h3-15,17H,2,16H2,1H3,(H,27,28)/b26-17-. The molecule has 0 fully saturated rings. The van der Waals surface area contributed by atoms with Crippen LogP contribution in [0.25, 0.3) is 21.5 Å². The molecule has 1 N–H and O–H groups in total. The van der Waals surface area contributed by atoms with Gasteiger partial charge in [0.05, 0.1) is 19.2 Å². The Labute approximate surface area is 169 Å². The van der Waals surface area contributed by atoms with Gasteiger partial charge in [0.25, 0.3) is 0 Å². The third-order valence-electron chi connectivity index (χ3n) is 4.84. The van der Waals surface area contributed by atoms with E-state index in [2.05, 4.69) is 10.5 Å². The van der Waals surface area contributed by atoms with Gasteiger partial charge in [-0.2, -0.15) is 5.10 Å². The van der Waals surface area contributed by atoms with Crippen LogP contribution in [-0.4, -0.2) is 18.7 Å². The second-order valence-electron chi connectivity index (χ2n) is 6.74. The number of nitrogens with one attached hydrogen (secondary N) is 1. The van der Waals surface area contributed by atoms with Gasteiger partial charge >= 0.3 is 0 Å². The van der Waals surface area contributed by atoms with Crippen LogP contribution in [0.4, 0.5) is 0 Å². The van der Waals surface area contributed by atoms with Crippen LogP contribution < -0.4 is 10.2 Å². The van der Waals surface area contributed by atoms with Crippen molar-refractivity contribution in [3.8, 4) is 5.75 Å². The number of carbonyl (C=O) groups is 1. The summed E-state index contributed by atoms with van der Waals surface area (Å²) < 4.78 is 5.74. The lowest BCUT2D eigenvalue weighted by molar-refractivity contribution is -0.120. The minimum Gasteiger partial charge on any atom is -0.493 e. The van der Waals surface area contributed by atoms with Crippen LogP contribution >= 0.6 is 0 Å². The van der Waals surface area contributed by atoms with Crippen molar-refractivity contribution < 1.29 is 9.53 Å². The topological polar surface area (TPSA) is 50.7 Å². The average Bonchev–Trinajstić information content (AvgIpc) is 2.75. The highest BCUT2D eigenvalue weighted by Gasteiger charge is 2.08. The molecule has 0 spiro atoms. The number of hydrazone groups is 1. The third-order valence-corrected chi connectivity index (χ3v) is 4.84. The Kier molecular flexibility index (Phi) is 5.52. The fourth-order valence-corrected chi connectivity index (χ4v) is 3.52. The first-order chi connectivity index (χ1) is 14.3. The Bertz CT molecular complexity index is 1190. The summed E-state index contributed by atoms with van der Waals surface area (Å²) in [5.74, 6) is 0.592. The van der Waals surface area contributed by atoms with E-state index in [1.54, 1.807) is 6.21 Å². The summed E-state index contributed by atoms with van der Waals surface area (Å²) in [5, 5.41) is 8.54. The molecule has 0 atom stereocenters. The van der Waals surface area contributed by atoms with E-state index in [-0.39, 0.29) is 12.3 Å². The molecule has 0 aliphatic carbocycles. The van der Waals surface area contributed by atoms with E-state index < -0.39 is 0 Å². The van der Waals surface area contributed by atoms with Crippen LogP contribution in [0.3, 0.4) is 0 Å². The number of ether oxygens (including phenoxy) is 1. The lowest BCUT2D eigenvalue weighted by Gasteiger charge is -2.10. The van der Waals surface area contributed by atoms with Crippen LogP contribution in [-0.2, 0) is 11.2 Å². The Morgan fingerprint density at radius 2 is 1.59 bits per heavy atom. The minimum absolute atomic E-state index is 0.157. The van der Waals surface area contributed by atoms with Crippen LogP contribution in [0.1, 0.15) is 18.1 Å². The lowest BCUT2D eigenvalue weighted by atomic mass is 10.0. The maximum Gasteiger partial charge on any atom is 0.244 e. The van der Waals surface area contributed by atoms with E-state index in [0.717, 1.165) is 38.4 Å². The molecule has 0 aromatic heterocycles. The zero-order valence-electron chi connectivity index (χ0n) is 16.3. The van der Waals surface area contributed by atoms with Crippen LogP contribution in [0.15, 0.2) is 84.0 Å². The number of fused-ring (bicyclic) bond motifs is 2. The average molecular weight is 382 g/mol. The van der Waals surface area contributed by atoms with E-state index in [9.17, 15) is 4.79 Å². The number of hydrogen-bond acceptors (Lipinski definition) is 3. The first-order valence-corrected chi connectivity index (χ1v) is 9.69. The molecule has 0 unspecified atom stereocenters. The fraction of sp³-hybridized carbons (Fsp3) is 0.120. The van der Waals surface area contributed by atoms with Crippen molar-refractivity contribution in [1.29, 1.82) is 0 Å². The molecule has 4 aromatic rings. The van der Waals surface area contributed by atoms with Gasteiger partial charge in [-0.25, -0.2) is 5.43 Å².